The maximum absolute atomic E-state index is 13.4. The summed E-state index contributed by atoms with van der Waals surface area (Å²) in [5.74, 6) is -0.130. The van der Waals surface area contributed by atoms with Gasteiger partial charge in [-0.25, -0.2) is 4.39 Å². The summed E-state index contributed by atoms with van der Waals surface area (Å²) in [5.41, 5.74) is 1.71. The zero-order valence-electron chi connectivity index (χ0n) is 10.6. The Morgan fingerprint density at radius 2 is 2.29 bits per heavy atom. The number of rotatable bonds is 3. The standard InChI is InChI=1S/C14H20FNO/c1-11-4-5-12(8-13(11)15)9-16-14(2)6-3-7-17-10-14/h4-5,8,16H,3,6-7,9-10H2,1-2H3. The molecular formula is C14H20FNO. The first-order chi connectivity index (χ1) is 8.09. The van der Waals surface area contributed by atoms with Crippen LogP contribution in [0.25, 0.3) is 0 Å². The lowest BCUT2D eigenvalue weighted by Gasteiger charge is -2.34. The summed E-state index contributed by atoms with van der Waals surface area (Å²) >= 11 is 0. The fourth-order valence-corrected chi connectivity index (χ4v) is 2.14. The maximum Gasteiger partial charge on any atom is 0.126 e. The van der Waals surface area contributed by atoms with Crippen LogP contribution in [0.1, 0.15) is 30.9 Å². The molecule has 2 nitrogen and oxygen atoms in total. The zero-order valence-corrected chi connectivity index (χ0v) is 10.6. The fourth-order valence-electron chi connectivity index (χ4n) is 2.14. The molecule has 0 aromatic heterocycles. The van der Waals surface area contributed by atoms with Gasteiger partial charge in [0.05, 0.1) is 6.61 Å². The topological polar surface area (TPSA) is 21.3 Å². The normalized spacial score (nSPS) is 24.9. The maximum atomic E-state index is 13.4. The Balaban J connectivity index is 1.94. The Kier molecular flexibility index (Phi) is 3.79. The van der Waals surface area contributed by atoms with E-state index in [1.54, 1.807) is 13.0 Å². The van der Waals surface area contributed by atoms with E-state index in [2.05, 4.69) is 12.2 Å². The molecule has 1 aromatic rings. The molecule has 1 saturated heterocycles. The number of ether oxygens (including phenoxy) is 1. The van der Waals surface area contributed by atoms with Gasteiger partial charge in [0, 0.05) is 18.7 Å². The van der Waals surface area contributed by atoms with Crippen molar-refractivity contribution in [3.05, 3.63) is 35.1 Å². The van der Waals surface area contributed by atoms with Gasteiger partial charge < -0.3 is 10.1 Å². The molecule has 94 valence electrons. The molecule has 0 bridgehead atoms. The monoisotopic (exact) mass is 237 g/mol. The predicted molar refractivity (Wildman–Crippen MR) is 66.4 cm³/mol. The van der Waals surface area contributed by atoms with Crippen molar-refractivity contribution in [2.45, 2.75) is 38.8 Å². The van der Waals surface area contributed by atoms with Gasteiger partial charge in [0.15, 0.2) is 0 Å². The van der Waals surface area contributed by atoms with Gasteiger partial charge in [-0.3, -0.25) is 0 Å². The average Bonchev–Trinajstić information content (AvgIpc) is 2.32. The summed E-state index contributed by atoms with van der Waals surface area (Å²) in [5, 5.41) is 3.47. The van der Waals surface area contributed by atoms with Gasteiger partial charge in [-0.1, -0.05) is 12.1 Å². The molecule has 1 aliphatic rings. The highest BCUT2D eigenvalue weighted by atomic mass is 19.1. The second kappa shape index (κ2) is 5.15. The summed E-state index contributed by atoms with van der Waals surface area (Å²) in [6.07, 6.45) is 2.20. The number of benzene rings is 1. The minimum Gasteiger partial charge on any atom is -0.380 e. The van der Waals surface area contributed by atoms with Crippen molar-refractivity contribution < 1.29 is 9.13 Å². The molecule has 1 unspecified atom stereocenters. The summed E-state index contributed by atoms with van der Waals surface area (Å²) in [6, 6.07) is 5.40. The van der Waals surface area contributed by atoms with E-state index >= 15 is 0 Å². The average molecular weight is 237 g/mol. The van der Waals surface area contributed by atoms with Crippen molar-refractivity contribution in [3.63, 3.8) is 0 Å². The van der Waals surface area contributed by atoms with Crippen LogP contribution >= 0.6 is 0 Å². The SMILES string of the molecule is Cc1ccc(CNC2(C)CCCOC2)cc1F. The lowest BCUT2D eigenvalue weighted by molar-refractivity contribution is 0.0278. The molecule has 0 spiro atoms. The molecule has 0 saturated carbocycles. The molecule has 1 fully saturated rings. The van der Waals surface area contributed by atoms with Crippen molar-refractivity contribution in [2.75, 3.05) is 13.2 Å². The molecule has 17 heavy (non-hydrogen) atoms. The molecular weight excluding hydrogens is 217 g/mol. The molecule has 2 rings (SSSR count). The van der Waals surface area contributed by atoms with E-state index in [4.69, 9.17) is 4.74 Å². The summed E-state index contributed by atoms with van der Waals surface area (Å²) < 4.78 is 18.9. The lowest BCUT2D eigenvalue weighted by Crippen LogP contribution is -2.48. The molecule has 1 aliphatic heterocycles. The van der Waals surface area contributed by atoms with E-state index < -0.39 is 0 Å². The van der Waals surface area contributed by atoms with Crippen LogP contribution in [0.4, 0.5) is 4.39 Å². The van der Waals surface area contributed by atoms with Gasteiger partial charge in [-0.15, -0.1) is 0 Å². The van der Waals surface area contributed by atoms with Crippen LogP contribution in [0, 0.1) is 12.7 Å². The number of nitrogens with one attached hydrogen (secondary N) is 1. The zero-order chi connectivity index (χ0) is 12.3. The third-order valence-corrected chi connectivity index (χ3v) is 3.39. The highest BCUT2D eigenvalue weighted by Crippen LogP contribution is 2.19. The van der Waals surface area contributed by atoms with Crippen LogP contribution in [0.5, 0.6) is 0 Å². The largest absolute Gasteiger partial charge is 0.380 e. The first-order valence-electron chi connectivity index (χ1n) is 6.17. The quantitative estimate of drug-likeness (QED) is 0.872. The Bertz CT molecular complexity index is 386. The first-order valence-corrected chi connectivity index (χ1v) is 6.17. The molecule has 0 aliphatic carbocycles. The van der Waals surface area contributed by atoms with Crippen molar-refractivity contribution in [2.24, 2.45) is 0 Å². The van der Waals surface area contributed by atoms with E-state index in [-0.39, 0.29) is 11.4 Å². The van der Waals surface area contributed by atoms with Crippen molar-refractivity contribution >= 4 is 0 Å². The number of hydrogen-bond acceptors (Lipinski definition) is 2. The summed E-state index contributed by atoms with van der Waals surface area (Å²) in [7, 11) is 0. The van der Waals surface area contributed by atoms with Gasteiger partial charge in [-0.2, -0.15) is 0 Å². The third kappa shape index (κ3) is 3.27. The van der Waals surface area contributed by atoms with Gasteiger partial charge in [-0.05, 0) is 43.9 Å². The minimum absolute atomic E-state index is 0.0274. The Labute approximate surface area is 102 Å². The summed E-state index contributed by atoms with van der Waals surface area (Å²) in [4.78, 5) is 0. The van der Waals surface area contributed by atoms with Crippen molar-refractivity contribution in [1.29, 1.82) is 0 Å². The van der Waals surface area contributed by atoms with Gasteiger partial charge >= 0.3 is 0 Å². The first kappa shape index (κ1) is 12.5. The van der Waals surface area contributed by atoms with Crippen LogP contribution < -0.4 is 5.32 Å². The second-order valence-electron chi connectivity index (χ2n) is 5.15. The molecule has 3 heteroatoms. The predicted octanol–water partition coefficient (Wildman–Crippen LogP) is 2.79. The Hall–Kier alpha value is -0.930. The number of hydrogen-bond donors (Lipinski definition) is 1. The lowest BCUT2D eigenvalue weighted by atomic mass is 9.94. The van der Waals surface area contributed by atoms with Gasteiger partial charge in [0.25, 0.3) is 0 Å². The highest BCUT2D eigenvalue weighted by molar-refractivity contribution is 5.23. The Morgan fingerprint density at radius 1 is 1.47 bits per heavy atom. The molecule has 1 aromatic carbocycles. The number of aryl methyl sites for hydroxylation is 1. The fraction of sp³-hybridized carbons (Fsp3) is 0.571. The second-order valence-corrected chi connectivity index (χ2v) is 5.15. The van der Waals surface area contributed by atoms with Gasteiger partial charge in [0.1, 0.15) is 5.82 Å². The minimum atomic E-state index is -0.130. The molecule has 1 heterocycles. The third-order valence-electron chi connectivity index (χ3n) is 3.39. The van der Waals surface area contributed by atoms with Crippen LogP contribution in [0.15, 0.2) is 18.2 Å². The van der Waals surface area contributed by atoms with E-state index in [1.165, 1.54) is 0 Å². The van der Waals surface area contributed by atoms with E-state index in [9.17, 15) is 4.39 Å². The highest BCUT2D eigenvalue weighted by Gasteiger charge is 2.26. The van der Waals surface area contributed by atoms with Crippen molar-refractivity contribution in [3.8, 4) is 0 Å². The van der Waals surface area contributed by atoms with Crippen LogP contribution in [-0.2, 0) is 11.3 Å². The van der Waals surface area contributed by atoms with E-state index in [0.717, 1.165) is 31.6 Å². The summed E-state index contributed by atoms with van der Waals surface area (Å²) in [6.45, 7) is 6.23. The van der Waals surface area contributed by atoms with E-state index in [1.807, 2.05) is 12.1 Å². The molecule has 1 atom stereocenters. The molecule has 0 radical (unpaired) electrons. The molecule has 1 N–H and O–H groups in total. The smallest absolute Gasteiger partial charge is 0.126 e. The van der Waals surface area contributed by atoms with Crippen molar-refractivity contribution in [1.82, 2.24) is 5.32 Å². The van der Waals surface area contributed by atoms with Crippen LogP contribution in [0.3, 0.4) is 0 Å². The van der Waals surface area contributed by atoms with Crippen LogP contribution in [-0.4, -0.2) is 18.8 Å². The van der Waals surface area contributed by atoms with Gasteiger partial charge in [0.2, 0.25) is 0 Å². The molecule has 0 amide bonds. The Morgan fingerprint density at radius 3 is 2.94 bits per heavy atom. The number of halogens is 1. The van der Waals surface area contributed by atoms with Crippen LogP contribution in [0.2, 0.25) is 0 Å². The van der Waals surface area contributed by atoms with E-state index in [0.29, 0.717) is 12.1 Å².